The fraction of sp³-hybridized carbons (Fsp3) is 0.455. The molecule has 0 heterocycles. The highest BCUT2D eigenvalue weighted by Crippen LogP contribution is 2.35. The van der Waals surface area contributed by atoms with Gasteiger partial charge < -0.3 is 4.74 Å². The molecule has 1 aromatic carbocycles. The van der Waals surface area contributed by atoms with E-state index in [1.165, 1.54) is 28.4 Å². The number of hydrogen-bond donors (Lipinski definition) is 0. The fourth-order valence-electron chi connectivity index (χ4n) is 2.01. The average Bonchev–Trinajstić information content (AvgIpc) is 2.18. The second-order valence-electron chi connectivity index (χ2n) is 3.42. The summed E-state index contributed by atoms with van der Waals surface area (Å²) in [4.78, 5) is 0. The van der Waals surface area contributed by atoms with Crippen LogP contribution in [-0.2, 0) is 11.2 Å². The molecule has 1 aliphatic carbocycles. The average molecular weight is 241 g/mol. The smallest absolute Gasteiger partial charge is 0.0824 e. The topological polar surface area (TPSA) is 9.23 Å². The number of hydrogen-bond acceptors (Lipinski definition) is 1. The number of benzene rings is 1. The van der Waals surface area contributed by atoms with Gasteiger partial charge in [-0.15, -0.1) is 0 Å². The van der Waals surface area contributed by atoms with Crippen molar-refractivity contribution < 1.29 is 4.74 Å². The first-order valence-corrected chi connectivity index (χ1v) is 5.42. The van der Waals surface area contributed by atoms with Gasteiger partial charge in [-0.2, -0.15) is 0 Å². The minimum Gasteiger partial charge on any atom is -0.377 e. The van der Waals surface area contributed by atoms with Crippen molar-refractivity contribution in [3.05, 3.63) is 33.8 Å². The first-order chi connectivity index (χ1) is 6.33. The zero-order valence-electron chi connectivity index (χ0n) is 7.72. The lowest BCUT2D eigenvalue weighted by Gasteiger charge is -2.24. The van der Waals surface area contributed by atoms with E-state index in [0.717, 1.165) is 6.42 Å². The summed E-state index contributed by atoms with van der Waals surface area (Å²) in [6.07, 6.45) is 3.87. The molecular weight excluding hydrogens is 228 g/mol. The molecule has 0 saturated heterocycles. The zero-order chi connectivity index (χ0) is 9.26. The summed E-state index contributed by atoms with van der Waals surface area (Å²) in [7, 11) is 1.79. The van der Waals surface area contributed by atoms with Gasteiger partial charge >= 0.3 is 0 Å². The van der Waals surface area contributed by atoms with E-state index in [4.69, 9.17) is 4.74 Å². The Morgan fingerprint density at radius 3 is 3.08 bits per heavy atom. The van der Waals surface area contributed by atoms with Crippen LogP contribution in [0.3, 0.4) is 0 Å². The second-order valence-corrected chi connectivity index (χ2v) is 4.28. The Bertz CT molecular complexity index is 309. The summed E-state index contributed by atoms with van der Waals surface area (Å²) in [5.41, 5.74) is 2.80. The van der Waals surface area contributed by atoms with Gasteiger partial charge in [0.1, 0.15) is 0 Å². The SMILES string of the molecule is COC1CCCc2c(Br)cccc21. The molecule has 0 N–H and O–H groups in total. The highest BCUT2D eigenvalue weighted by atomic mass is 79.9. The minimum absolute atomic E-state index is 0.307. The second kappa shape index (κ2) is 3.81. The molecule has 70 valence electrons. The van der Waals surface area contributed by atoms with Gasteiger partial charge in [0.15, 0.2) is 0 Å². The van der Waals surface area contributed by atoms with Crippen LogP contribution in [0.2, 0.25) is 0 Å². The van der Waals surface area contributed by atoms with E-state index in [-0.39, 0.29) is 0 Å². The van der Waals surface area contributed by atoms with Gasteiger partial charge in [-0.05, 0) is 36.5 Å². The first-order valence-electron chi connectivity index (χ1n) is 4.63. The lowest BCUT2D eigenvalue weighted by atomic mass is 9.89. The van der Waals surface area contributed by atoms with Crippen molar-refractivity contribution in [3.63, 3.8) is 0 Å². The third-order valence-electron chi connectivity index (χ3n) is 2.68. The Hall–Kier alpha value is -0.340. The maximum Gasteiger partial charge on any atom is 0.0824 e. The van der Waals surface area contributed by atoms with Crippen molar-refractivity contribution in [2.45, 2.75) is 25.4 Å². The number of fused-ring (bicyclic) bond motifs is 1. The molecule has 2 heteroatoms. The van der Waals surface area contributed by atoms with E-state index in [2.05, 4.69) is 34.1 Å². The maximum atomic E-state index is 5.45. The standard InChI is InChI=1S/C11H13BrO/c1-13-11-7-3-4-8-9(11)5-2-6-10(8)12/h2,5-6,11H,3-4,7H2,1H3. The molecule has 0 radical (unpaired) electrons. The van der Waals surface area contributed by atoms with E-state index >= 15 is 0 Å². The van der Waals surface area contributed by atoms with Gasteiger partial charge in [-0.3, -0.25) is 0 Å². The van der Waals surface area contributed by atoms with Crippen LogP contribution in [0.15, 0.2) is 22.7 Å². The summed E-state index contributed by atoms with van der Waals surface area (Å²) >= 11 is 3.58. The molecule has 1 unspecified atom stereocenters. The highest BCUT2D eigenvalue weighted by molar-refractivity contribution is 9.10. The Morgan fingerprint density at radius 2 is 2.31 bits per heavy atom. The summed E-state index contributed by atoms with van der Waals surface area (Å²) in [5.74, 6) is 0. The Morgan fingerprint density at radius 1 is 1.46 bits per heavy atom. The number of halogens is 1. The van der Waals surface area contributed by atoms with Crippen LogP contribution in [0.25, 0.3) is 0 Å². The Balaban J connectivity index is 2.45. The summed E-state index contributed by atoms with van der Waals surface area (Å²) in [6, 6.07) is 6.37. The van der Waals surface area contributed by atoms with Crippen molar-refractivity contribution in [2.24, 2.45) is 0 Å². The van der Waals surface area contributed by atoms with Gasteiger partial charge in [0.2, 0.25) is 0 Å². The molecule has 0 aliphatic heterocycles. The van der Waals surface area contributed by atoms with Crippen LogP contribution in [-0.4, -0.2) is 7.11 Å². The minimum atomic E-state index is 0.307. The van der Waals surface area contributed by atoms with Gasteiger partial charge in [0.05, 0.1) is 6.10 Å². The summed E-state index contributed by atoms with van der Waals surface area (Å²) < 4.78 is 6.68. The number of rotatable bonds is 1. The first kappa shape index (κ1) is 9.22. The summed E-state index contributed by atoms with van der Waals surface area (Å²) in [6.45, 7) is 0. The van der Waals surface area contributed by atoms with Crippen LogP contribution in [0.5, 0.6) is 0 Å². The van der Waals surface area contributed by atoms with E-state index in [1.54, 1.807) is 7.11 Å². The Kier molecular flexibility index (Phi) is 2.70. The van der Waals surface area contributed by atoms with Gasteiger partial charge in [0, 0.05) is 11.6 Å². The number of methoxy groups -OCH3 is 1. The number of ether oxygens (including phenoxy) is 1. The summed E-state index contributed by atoms with van der Waals surface area (Å²) in [5, 5.41) is 0. The molecule has 2 rings (SSSR count). The van der Waals surface area contributed by atoms with Crippen LogP contribution in [0.4, 0.5) is 0 Å². The molecule has 1 atom stereocenters. The molecule has 1 nitrogen and oxygen atoms in total. The molecule has 1 aromatic rings. The third-order valence-corrected chi connectivity index (χ3v) is 3.42. The lowest BCUT2D eigenvalue weighted by Crippen LogP contribution is -2.11. The Labute approximate surface area is 87.2 Å². The quantitative estimate of drug-likeness (QED) is 0.731. The maximum absolute atomic E-state index is 5.45. The molecule has 0 spiro atoms. The predicted octanol–water partition coefficient (Wildman–Crippen LogP) is 3.47. The van der Waals surface area contributed by atoms with Crippen LogP contribution < -0.4 is 0 Å². The van der Waals surface area contributed by atoms with Gasteiger partial charge in [-0.1, -0.05) is 28.1 Å². The molecule has 13 heavy (non-hydrogen) atoms. The van der Waals surface area contributed by atoms with Crippen molar-refractivity contribution in [1.29, 1.82) is 0 Å². The molecular formula is C11H13BrO. The third kappa shape index (κ3) is 1.65. The largest absolute Gasteiger partial charge is 0.377 e. The van der Waals surface area contributed by atoms with Crippen LogP contribution in [0, 0.1) is 0 Å². The van der Waals surface area contributed by atoms with Gasteiger partial charge in [0.25, 0.3) is 0 Å². The predicted molar refractivity (Wildman–Crippen MR) is 56.8 cm³/mol. The van der Waals surface area contributed by atoms with E-state index in [9.17, 15) is 0 Å². The molecule has 1 aliphatic rings. The molecule has 0 aromatic heterocycles. The molecule has 0 amide bonds. The van der Waals surface area contributed by atoms with E-state index < -0.39 is 0 Å². The van der Waals surface area contributed by atoms with Crippen molar-refractivity contribution in [2.75, 3.05) is 7.11 Å². The molecule has 0 fully saturated rings. The van der Waals surface area contributed by atoms with Crippen molar-refractivity contribution >= 4 is 15.9 Å². The molecule has 0 bridgehead atoms. The lowest BCUT2D eigenvalue weighted by molar-refractivity contribution is 0.0880. The normalized spacial score (nSPS) is 21.2. The van der Waals surface area contributed by atoms with E-state index in [0.29, 0.717) is 6.10 Å². The van der Waals surface area contributed by atoms with Crippen molar-refractivity contribution in [3.8, 4) is 0 Å². The fourth-order valence-corrected chi connectivity index (χ4v) is 2.59. The van der Waals surface area contributed by atoms with Crippen molar-refractivity contribution in [1.82, 2.24) is 0 Å². The monoisotopic (exact) mass is 240 g/mol. The highest BCUT2D eigenvalue weighted by Gasteiger charge is 2.20. The molecule has 0 saturated carbocycles. The van der Waals surface area contributed by atoms with E-state index in [1.807, 2.05) is 0 Å². The van der Waals surface area contributed by atoms with Crippen LogP contribution in [0.1, 0.15) is 30.1 Å². The van der Waals surface area contributed by atoms with Crippen LogP contribution >= 0.6 is 15.9 Å². The zero-order valence-corrected chi connectivity index (χ0v) is 9.30. The van der Waals surface area contributed by atoms with Gasteiger partial charge in [-0.25, -0.2) is 0 Å².